The van der Waals surface area contributed by atoms with Crippen LogP contribution in [-0.2, 0) is 4.74 Å². The number of thiophene rings is 1. The van der Waals surface area contributed by atoms with Crippen LogP contribution in [0.4, 0.5) is 5.00 Å². The molecule has 1 fully saturated rings. The van der Waals surface area contributed by atoms with E-state index in [1.165, 1.54) is 10.6 Å². The van der Waals surface area contributed by atoms with Crippen LogP contribution in [0.15, 0.2) is 52.8 Å². The molecule has 0 bridgehead atoms. The number of hydrogen-bond acceptors (Lipinski definition) is 4. The fourth-order valence-electron chi connectivity index (χ4n) is 3.54. The number of piperidine rings is 1. The van der Waals surface area contributed by atoms with Crippen LogP contribution in [0.25, 0.3) is 0 Å². The molecule has 29 heavy (non-hydrogen) atoms. The Hall–Kier alpha value is -2.05. The normalized spacial score (nSPS) is 16.6. The summed E-state index contributed by atoms with van der Waals surface area (Å²) in [7, 11) is 0. The van der Waals surface area contributed by atoms with Crippen LogP contribution in [0.3, 0.4) is 0 Å². The van der Waals surface area contributed by atoms with Gasteiger partial charge in [0.05, 0.1) is 11.1 Å². The quantitative estimate of drug-likeness (QED) is 0.362. The predicted molar refractivity (Wildman–Crippen MR) is 124 cm³/mol. The average Bonchev–Trinajstić information content (AvgIpc) is 3.29. The van der Waals surface area contributed by atoms with Gasteiger partial charge < -0.3 is 20.3 Å². The zero-order valence-corrected chi connectivity index (χ0v) is 18.5. The van der Waals surface area contributed by atoms with Gasteiger partial charge in [-0.3, -0.25) is 4.99 Å². The first-order chi connectivity index (χ1) is 14.3. The Bertz CT molecular complexity index is 712. The predicted octanol–water partition coefficient (Wildman–Crippen LogP) is 4.44. The molecule has 0 saturated carbocycles. The number of anilines is 1. The number of benzene rings is 1. The molecule has 3 rings (SSSR count). The van der Waals surface area contributed by atoms with Crippen molar-refractivity contribution >= 4 is 22.3 Å². The summed E-state index contributed by atoms with van der Waals surface area (Å²) < 4.78 is 5.95. The van der Waals surface area contributed by atoms with Crippen LogP contribution in [-0.4, -0.2) is 44.8 Å². The maximum Gasteiger partial charge on any atom is 0.191 e. The van der Waals surface area contributed by atoms with E-state index >= 15 is 0 Å². The SMILES string of the molecule is CCNC(=NCCCOC(C)c1ccccc1)NC1CCN(c2cccs2)CC1. The van der Waals surface area contributed by atoms with Crippen molar-refractivity contribution in [2.75, 3.05) is 37.7 Å². The number of guanidine groups is 1. The number of rotatable bonds is 9. The van der Waals surface area contributed by atoms with E-state index in [4.69, 9.17) is 9.73 Å². The number of hydrogen-bond donors (Lipinski definition) is 2. The Kier molecular flexibility index (Phi) is 8.83. The number of ether oxygens (including phenoxy) is 1. The maximum atomic E-state index is 5.95. The van der Waals surface area contributed by atoms with Gasteiger partial charge in [-0.2, -0.15) is 0 Å². The van der Waals surface area contributed by atoms with Crippen molar-refractivity contribution < 1.29 is 4.74 Å². The molecule has 158 valence electrons. The minimum atomic E-state index is 0.125. The maximum absolute atomic E-state index is 5.95. The van der Waals surface area contributed by atoms with Gasteiger partial charge in [-0.1, -0.05) is 30.3 Å². The van der Waals surface area contributed by atoms with Crippen LogP contribution in [0, 0.1) is 0 Å². The van der Waals surface area contributed by atoms with E-state index in [0.29, 0.717) is 6.04 Å². The second-order valence-electron chi connectivity index (χ2n) is 7.39. The molecule has 0 aliphatic carbocycles. The lowest BCUT2D eigenvalue weighted by atomic mass is 10.1. The summed E-state index contributed by atoms with van der Waals surface area (Å²) in [6.07, 6.45) is 3.32. The van der Waals surface area contributed by atoms with Crippen molar-refractivity contribution in [3.05, 3.63) is 53.4 Å². The third kappa shape index (κ3) is 7.05. The molecule has 2 aromatic rings. The summed E-state index contributed by atoms with van der Waals surface area (Å²) in [4.78, 5) is 7.23. The first-order valence-electron chi connectivity index (χ1n) is 10.8. The Labute approximate surface area is 179 Å². The molecule has 1 unspecified atom stereocenters. The highest BCUT2D eigenvalue weighted by molar-refractivity contribution is 7.14. The standard InChI is InChI=1S/C23H34N4OS/c1-3-24-23(25-14-8-17-28-19(2)20-9-5-4-6-10-20)26-21-12-15-27(16-13-21)22-11-7-18-29-22/h4-7,9-11,18-19,21H,3,8,12-17H2,1-2H3,(H2,24,25,26). The summed E-state index contributed by atoms with van der Waals surface area (Å²) in [5, 5.41) is 10.5. The molecule has 0 radical (unpaired) electrons. The lowest BCUT2D eigenvalue weighted by Crippen LogP contribution is -2.48. The fraction of sp³-hybridized carbons (Fsp3) is 0.522. The van der Waals surface area contributed by atoms with E-state index in [-0.39, 0.29) is 6.10 Å². The molecule has 1 saturated heterocycles. The molecular formula is C23H34N4OS. The van der Waals surface area contributed by atoms with Crippen molar-refractivity contribution in [1.29, 1.82) is 0 Å². The summed E-state index contributed by atoms with van der Waals surface area (Å²) in [6.45, 7) is 8.78. The highest BCUT2D eigenvalue weighted by atomic mass is 32.1. The molecule has 1 aromatic carbocycles. The molecule has 1 aliphatic rings. The van der Waals surface area contributed by atoms with Gasteiger partial charge in [-0.05, 0) is 56.2 Å². The van der Waals surface area contributed by atoms with Gasteiger partial charge in [0.15, 0.2) is 5.96 Å². The second-order valence-corrected chi connectivity index (χ2v) is 8.32. The van der Waals surface area contributed by atoms with Crippen LogP contribution in [0.5, 0.6) is 0 Å². The number of nitrogens with zero attached hydrogens (tertiary/aromatic N) is 2. The summed E-state index contributed by atoms with van der Waals surface area (Å²) in [6, 6.07) is 15.2. The van der Waals surface area contributed by atoms with Gasteiger partial charge in [-0.15, -0.1) is 11.3 Å². The monoisotopic (exact) mass is 414 g/mol. The van der Waals surface area contributed by atoms with Gasteiger partial charge in [-0.25, -0.2) is 0 Å². The molecule has 1 atom stereocenters. The zero-order chi connectivity index (χ0) is 20.3. The largest absolute Gasteiger partial charge is 0.374 e. The van der Waals surface area contributed by atoms with Gasteiger partial charge in [0, 0.05) is 38.8 Å². The second kappa shape index (κ2) is 11.8. The first-order valence-corrected chi connectivity index (χ1v) is 11.6. The van der Waals surface area contributed by atoms with E-state index in [1.807, 2.05) is 17.4 Å². The van der Waals surface area contributed by atoms with Crippen molar-refractivity contribution in [3.8, 4) is 0 Å². The molecular weight excluding hydrogens is 380 g/mol. The Morgan fingerprint density at radius 2 is 2.00 bits per heavy atom. The molecule has 0 amide bonds. The van der Waals surface area contributed by atoms with Crippen molar-refractivity contribution in [2.24, 2.45) is 4.99 Å². The summed E-state index contributed by atoms with van der Waals surface area (Å²) in [5.41, 5.74) is 1.22. The van der Waals surface area contributed by atoms with Crippen molar-refractivity contribution in [3.63, 3.8) is 0 Å². The van der Waals surface area contributed by atoms with Crippen LogP contribution >= 0.6 is 11.3 Å². The van der Waals surface area contributed by atoms with Crippen molar-refractivity contribution in [2.45, 2.75) is 45.3 Å². The lowest BCUT2D eigenvalue weighted by molar-refractivity contribution is 0.0652. The molecule has 2 N–H and O–H groups in total. The average molecular weight is 415 g/mol. The fourth-order valence-corrected chi connectivity index (χ4v) is 4.33. The van der Waals surface area contributed by atoms with E-state index in [1.54, 1.807) is 0 Å². The minimum Gasteiger partial charge on any atom is -0.374 e. The molecule has 1 aliphatic heterocycles. The van der Waals surface area contributed by atoms with Gasteiger partial charge in [0.2, 0.25) is 0 Å². The Balaban J connectivity index is 1.37. The van der Waals surface area contributed by atoms with E-state index < -0.39 is 0 Å². The smallest absolute Gasteiger partial charge is 0.191 e. The third-order valence-corrected chi connectivity index (χ3v) is 6.14. The summed E-state index contributed by atoms with van der Waals surface area (Å²) >= 11 is 1.83. The van der Waals surface area contributed by atoms with Gasteiger partial charge in [0.25, 0.3) is 0 Å². The van der Waals surface area contributed by atoms with Crippen LogP contribution in [0.2, 0.25) is 0 Å². The number of nitrogens with one attached hydrogen (secondary N) is 2. The van der Waals surface area contributed by atoms with Crippen LogP contribution in [0.1, 0.15) is 44.8 Å². The van der Waals surface area contributed by atoms with E-state index in [0.717, 1.165) is 58.0 Å². The van der Waals surface area contributed by atoms with Crippen molar-refractivity contribution in [1.82, 2.24) is 10.6 Å². The molecule has 2 heterocycles. The van der Waals surface area contributed by atoms with E-state index in [9.17, 15) is 0 Å². The summed E-state index contributed by atoms with van der Waals surface area (Å²) in [5.74, 6) is 0.929. The minimum absolute atomic E-state index is 0.125. The highest BCUT2D eigenvalue weighted by Gasteiger charge is 2.20. The Morgan fingerprint density at radius 1 is 1.21 bits per heavy atom. The highest BCUT2D eigenvalue weighted by Crippen LogP contribution is 2.24. The van der Waals surface area contributed by atoms with E-state index in [2.05, 4.69) is 71.2 Å². The van der Waals surface area contributed by atoms with Crippen LogP contribution < -0.4 is 15.5 Å². The topological polar surface area (TPSA) is 48.9 Å². The zero-order valence-electron chi connectivity index (χ0n) is 17.6. The third-order valence-electron chi connectivity index (χ3n) is 5.21. The first kappa shape index (κ1) is 21.7. The van der Waals surface area contributed by atoms with Gasteiger partial charge >= 0.3 is 0 Å². The lowest BCUT2D eigenvalue weighted by Gasteiger charge is -2.33. The Morgan fingerprint density at radius 3 is 2.69 bits per heavy atom. The molecule has 0 spiro atoms. The van der Waals surface area contributed by atoms with Gasteiger partial charge in [0.1, 0.15) is 0 Å². The molecule has 6 heteroatoms. The molecule has 5 nitrogen and oxygen atoms in total. The number of aliphatic imine (C=N–C) groups is 1. The molecule has 1 aromatic heterocycles.